The summed E-state index contributed by atoms with van der Waals surface area (Å²) in [6, 6.07) is 0.972. The molecule has 0 aromatic rings. The molecule has 1 aliphatic carbocycles. The van der Waals surface area contributed by atoms with Gasteiger partial charge in [-0.15, -0.1) is 0 Å². The van der Waals surface area contributed by atoms with Crippen LogP contribution in [0.25, 0.3) is 0 Å². The van der Waals surface area contributed by atoms with Crippen LogP contribution < -0.4 is 5.32 Å². The monoisotopic (exact) mass is 196 g/mol. The van der Waals surface area contributed by atoms with Gasteiger partial charge in [0.05, 0.1) is 0 Å². The second kappa shape index (κ2) is 4.30. The van der Waals surface area contributed by atoms with Gasteiger partial charge < -0.3 is 10.2 Å². The third kappa shape index (κ3) is 1.92. The van der Waals surface area contributed by atoms with Crippen molar-refractivity contribution in [2.75, 3.05) is 13.1 Å². The minimum Gasteiger partial charge on any atom is -0.338 e. The highest BCUT2D eigenvalue weighted by Gasteiger charge is 2.34. The predicted octanol–water partition coefficient (Wildman–Crippen LogP) is 1.14. The van der Waals surface area contributed by atoms with Crippen LogP contribution in [0.3, 0.4) is 0 Å². The van der Waals surface area contributed by atoms with Crippen LogP contribution in [0.2, 0.25) is 0 Å². The maximum absolute atomic E-state index is 11.7. The predicted molar refractivity (Wildman–Crippen MR) is 56.1 cm³/mol. The van der Waals surface area contributed by atoms with Gasteiger partial charge in [0, 0.05) is 25.0 Å². The van der Waals surface area contributed by atoms with Crippen molar-refractivity contribution in [2.45, 2.75) is 51.1 Å². The summed E-state index contributed by atoms with van der Waals surface area (Å²) in [4.78, 5) is 13.8. The second-order valence-electron chi connectivity index (χ2n) is 4.44. The zero-order chi connectivity index (χ0) is 9.97. The molecule has 1 saturated carbocycles. The fourth-order valence-corrected chi connectivity index (χ4v) is 2.73. The van der Waals surface area contributed by atoms with Crippen LogP contribution >= 0.6 is 0 Å². The zero-order valence-electron chi connectivity index (χ0n) is 8.96. The lowest BCUT2D eigenvalue weighted by molar-refractivity contribution is -0.129. The summed E-state index contributed by atoms with van der Waals surface area (Å²) in [5.74, 6) is 0.364. The Balaban J connectivity index is 1.90. The Morgan fingerprint density at radius 3 is 2.79 bits per heavy atom. The van der Waals surface area contributed by atoms with Crippen molar-refractivity contribution >= 4 is 5.91 Å². The highest BCUT2D eigenvalue weighted by atomic mass is 16.2. The SMILES string of the molecule is CCNC1CC(=O)N(C2CCCC2)C1. The van der Waals surface area contributed by atoms with Crippen molar-refractivity contribution in [3.05, 3.63) is 0 Å². The molecule has 0 aromatic heterocycles. The highest BCUT2D eigenvalue weighted by Crippen LogP contribution is 2.27. The van der Waals surface area contributed by atoms with Crippen molar-refractivity contribution < 1.29 is 4.79 Å². The number of hydrogen-bond acceptors (Lipinski definition) is 2. The Morgan fingerprint density at radius 2 is 2.14 bits per heavy atom. The fourth-order valence-electron chi connectivity index (χ4n) is 2.73. The molecule has 2 rings (SSSR count). The van der Waals surface area contributed by atoms with Gasteiger partial charge in [0.15, 0.2) is 0 Å². The molecule has 0 spiro atoms. The molecule has 0 aromatic carbocycles. The van der Waals surface area contributed by atoms with Crippen LogP contribution in [0, 0.1) is 0 Å². The molecule has 3 heteroatoms. The van der Waals surface area contributed by atoms with E-state index in [1.165, 1.54) is 25.7 Å². The summed E-state index contributed by atoms with van der Waals surface area (Å²) < 4.78 is 0. The molecule has 1 amide bonds. The summed E-state index contributed by atoms with van der Waals surface area (Å²) in [7, 11) is 0. The highest BCUT2D eigenvalue weighted by molar-refractivity contribution is 5.79. The largest absolute Gasteiger partial charge is 0.338 e. The molecule has 1 aliphatic heterocycles. The average Bonchev–Trinajstić information content (AvgIpc) is 2.74. The first-order chi connectivity index (χ1) is 6.81. The standard InChI is InChI=1S/C11H20N2O/c1-2-12-9-7-11(14)13(8-9)10-5-3-4-6-10/h9-10,12H,2-8H2,1H3. The fraction of sp³-hybridized carbons (Fsp3) is 0.909. The van der Waals surface area contributed by atoms with E-state index in [2.05, 4.69) is 17.1 Å². The number of rotatable bonds is 3. The third-order valence-electron chi connectivity index (χ3n) is 3.42. The minimum absolute atomic E-state index is 0.364. The summed E-state index contributed by atoms with van der Waals surface area (Å²) >= 11 is 0. The Bertz CT molecular complexity index is 211. The number of likely N-dealkylation sites (tertiary alicyclic amines) is 1. The lowest BCUT2D eigenvalue weighted by Gasteiger charge is -2.24. The van der Waals surface area contributed by atoms with Crippen LogP contribution in [-0.2, 0) is 4.79 Å². The maximum Gasteiger partial charge on any atom is 0.224 e. The number of hydrogen-bond donors (Lipinski definition) is 1. The molecular weight excluding hydrogens is 176 g/mol. The van der Waals surface area contributed by atoms with Gasteiger partial charge in [0.25, 0.3) is 0 Å². The molecule has 80 valence electrons. The van der Waals surface area contributed by atoms with Crippen LogP contribution in [0.1, 0.15) is 39.0 Å². The quantitative estimate of drug-likeness (QED) is 0.734. The summed E-state index contributed by atoms with van der Waals surface area (Å²) in [6.07, 6.45) is 5.78. The van der Waals surface area contributed by atoms with Gasteiger partial charge in [-0.25, -0.2) is 0 Å². The van der Waals surface area contributed by atoms with Gasteiger partial charge in [-0.3, -0.25) is 4.79 Å². The smallest absolute Gasteiger partial charge is 0.224 e. The van der Waals surface area contributed by atoms with Crippen LogP contribution in [0.15, 0.2) is 0 Å². The van der Waals surface area contributed by atoms with Crippen LogP contribution in [0.4, 0.5) is 0 Å². The van der Waals surface area contributed by atoms with E-state index < -0.39 is 0 Å². The van der Waals surface area contributed by atoms with E-state index in [-0.39, 0.29) is 0 Å². The number of carbonyl (C=O) groups is 1. The molecule has 1 N–H and O–H groups in total. The normalized spacial score (nSPS) is 29.1. The molecule has 14 heavy (non-hydrogen) atoms. The molecule has 1 saturated heterocycles. The van der Waals surface area contributed by atoms with Crippen molar-refractivity contribution in [3.8, 4) is 0 Å². The van der Waals surface area contributed by atoms with Gasteiger partial charge in [-0.1, -0.05) is 19.8 Å². The van der Waals surface area contributed by atoms with Gasteiger partial charge in [-0.05, 0) is 19.4 Å². The third-order valence-corrected chi connectivity index (χ3v) is 3.42. The van der Waals surface area contributed by atoms with E-state index >= 15 is 0 Å². The van der Waals surface area contributed by atoms with Crippen molar-refractivity contribution in [1.82, 2.24) is 10.2 Å². The molecule has 1 unspecified atom stereocenters. The Labute approximate surface area is 85.8 Å². The molecule has 3 nitrogen and oxygen atoms in total. The summed E-state index contributed by atoms with van der Waals surface area (Å²) in [6.45, 7) is 4.01. The molecule has 2 fully saturated rings. The lowest BCUT2D eigenvalue weighted by atomic mass is 10.2. The minimum atomic E-state index is 0.364. The first-order valence-electron chi connectivity index (χ1n) is 5.84. The average molecular weight is 196 g/mol. The van der Waals surface area contributed by atoms with Gasteiger partial charge in [-0.2, -0.15) is 0 Å². The number of nitrogens with one attached hydrogen (secondary N) is 1. The molecule has 1 heterocycles. The van der Waals surface area contributed by atoms with Crippen molar-refractivity contribution in [2.24, 2.45) is 0 Å². The van der Waals surface area contributed by atoms with Crippen molar-refractivity contribution in [3.63, 3.8) is 0 Å². The van der Waals surface area contributed by atoms with Gasteiger partial charge >= 0.3 is 0 Å². The Hall–Kier alpha value is -0.570. The maximum atomic E-state index is 11.7. The van der Waals surface area contributed by atoms with E-state index in [0.717, 1.165) is 13.1 Å². The Kier molecular flexibility index (Phi) is 3.06. The first kappa shape index (κ1) is 9.97. The lowest BCUT2D eigenvalue weighted by Crippen LogP contribution is -2.37. The number of carbonyl (C=O) groups excluding carboxylic acids is 1. The number of nitrogens with zero attached hydrogens (tertiary/aromatic N) is 1. The summed E-state index contributed by atoms with van der Waals surface area (Å²) in [5, 5.41) is 3.37. The van der Waals surface area contributed by atoms with Gasteiger partial charge in [0.2, 0.25) is 5.91 Å². The number of likely N-dealkylation sites (N-methyl/N-ethyl adjacent to an activating group) is 1. The Morgan fingerprint density at radius 1 is 1.43 bits per heavy atom. The van der Waals surface area contributed by atoms with Crippen LogP contribution in [-0.4, -0.2) is 36.0 Å². The topological polar surface area (TPSA) is 32.3 Å². The van der Waals surface area contributed by atoms with E-state index in [0.29, 0.717) is 24.4 Å². The van der Waals surface area contributed by atoms with E-state index in [9.17, 15) is 4.79 Å². The number of amides is 1. The van der Waals surface area contributed by atoms with Gasteiger partial charge in [0.1, 0.15) is 0 Å². The second-order valence-corrected chi connectivity index (χ2v) is 4.44. The molecule has 2 aliphatic rings. The first-order valence-corrected chi connectivity index (χ1v) is 5.84. The molecule has 0 bridgehead atoms. The molecule has 0 radical (unpaired) electrons. The molecular formula is C11H20N2O. The zero-order valence-corrected chi connectivity index (χ0v) is 8.96. The van der Waals surface area contributed by atoms with Crippen LogP contribution in [0.5, 0.6) is 0 Å². The molecule has 1 atom stereocenters. The van der Waals surface area contributed by atoms with Crippen molar-refractivity contribution in [1.29, 1.82) is 0 Å². The summed E-state index contributed by atoms with van der Waals surface area (Å²) in [5.41, 5.74) is 0. The van der Waals surface area contributed by atoms with E-state index in [1.807, 2.05) is 0 Å². The van der Waals surface area contributed by atoms with E-state index in [4.69, 9.17) is 0 Å². The van der Waals surface area contributed by atoms with E-state index in [1.54, 1.807) is 0 Å².